The fraction of sp³-hybridized carbons (Fsp3) is 0.346. The summed E-state index contributed by atoms with van der Waals surface area (Å²) in [7, 11) is 0.168. The van der Waals surface area contributed by atoms with E-state index >= 15 is 0 Å². The lowest BCUT2D eigenvalue weighted by molar-refractivity contribution is -0.154. The standard InChI is InChI=1S/C26H28FO3S/c1-18-15-23(31-14-6-7-20(31)3)16-19(2)25(18)29-17-24(28)30-26(4,5)13-12-21-8-10-22(27)11-9-21/h7-11,15-16H,6,14,17H2,1-5H3/q+1. The maximum absolute atomic E-state index is 13.0. The van der Waals surface area contributed by atoms with Gasteiger partial charge in [0, 0.05) is 31.0 Å². The van der Waals surface area contributed by atoms with Crippen molar-refractivity contribution >= 4 is 16.9 Å². The first-order valence-corrected chi connectivity index (χ1v) is 11.7. The van der Waals surface area contributed by atoms with Crippen molar-refractivity contribution < 1.29 is 18.7 Å². The van der Waals surface area contributed by atoms with Crippen LogP contribution in [0.3, 0.4) is 0 Å². The van der Waals surface area contributed by atoms with Gasteiger partial charge in [0.25, 0.3) is 0 Å². The summed E-state index contributed by atoms with van der Waals surface area (Å²) >= 11 is 0. The fourth-order valence-electron chi connectivity index (χ4n) is 3.45. The largest absolute Gasteiger partial charge is 0.481 e. The molecule has 162 valence electrons. The van der Waals surface area contributed by atoms with Crippen LogP contribution >= 0.6 is 0 Å². The minimum absolute atomic E-state index is 0.168. The van der Waals surface area contributed by atoms with E-state index in [1.54, 1.807) is 26.0 Å². The predicted molar refractivity (Wildman–Crippen MR) is 124 cm³/mol. The van der Waals surface area contributed by atoms with Crippen LogP contribution in [0.5, 0.6) is 5.75 Å². The minimum Gasteiger partial charge on any atom is -0.481 e. The van der Waals surface area contributed by atoms with Crippen LogP contribution in [-0.2, 0) is 20.4 Å². The number of hydrogen-bond acceptors (Lipinski definition) is 3. The van der Waals surface area contributed by atoms with E-state index in [0.29, 0.717) is 5.56 Å². The van der Waals surface area contributed by atoms with Gasteiger partial charge in [-0.25, -0.2) is 9.18 Å². The van der Waals surface area contributed by atoms with E-state index in [1.165, 1.54) is 27.7 Å². The highest BCUT2D eigenvalue weighted by Gasteiger charge is 2.30. The third kappa shape index (κ3) is 6.15. The molecule has 1 aliphatic heterocycles. The number of carbonyl (C=O) groups is 1. The third-order valence-corrected chi connectivity index (χ3v) is 7.31. The molecule has 0 saturated heterocycles. The van der Waals surface area contributed by atoms with Crippen molar-refractivity contribution in [3.05, 3.63) is 69.9 Å². The Labute approximate surface area is 187 Å². The highest BCUT2D eigenvalue weighted by molar-refractivity contribution is 8.00. The molecule has 2 aromatic carbocycles. The predicted octanol–water partition coefficient (Wildman–Crippen LogP) is 5.48. The average molecular weight is 440 g/mol. The minimum atomic E-state index is -0.990. The molecular formula is C26H28FO3S+. The second kappa shape index (κ2) is 9.62. The summed E-state index contributed by atoms with van der Waals surface area (Å²) in [4.78, 5) is 15.1. The van der Waals surface area contributed by atoms with Gasteiger partial charge in [-0.15, -0.1) is 0 Å². The van der Waals surface area contributed by atoms with Crippen molar-refractivity contribution in [3.63, 3.8) is 0 Å². The summed E-state index contributed by atoms with van der Waals surface area (Å²) in [6, 6.07) is 10.2. The van der Waals surface area contributed by atoms with Crippen molar-refractivity contribution in [2.75, 3.05) is 12.4 Å². The van der Waals surface area contributed by atoms with Gasteiger partial charge in [0.1, 0.15) is 22.2 Å². The smallest absolute Gasteiger partial charge is 0.345 e. The summed E-state index contributed by atoms with van der Waals surface area (Å²) in [6.45, 7) is 9.45. The van der Waals surface area contributed by atoms with Gasteiger partial charge < -0.3 is 9.47 Å². The molecule has 0 radical (unpaired) electrons. The molecule has 1 aliphatic rings. The Bertz CT molecular complexity index is 1040. The first-order valence-electron chi connectivity index (χ1n) is 10.3. The summed E-state index contributed by atoms with van der Waals surface area (Å²) < 4.78 is 24.3. The van der Waals surface area contributed by atoms with Crippen molar-refractivity contribution in [1.82, 2.24) is 0 Å². The Kier molecular flexibility index (Phi) is 7.12. The molecule has 2 aromatic rings. The second-order valence-corrected chi connectivity index (χ2v) is 10.4. The van der Waals surface area contributed by atoms with Gasteiger partial charge in [-0.05, 0) is 69.2 Å². The summed E-state index contributed by atoms with van der Waals surface area (Å²) in [5.74, 6) is 6.91. The molecule has 0 bridgehead atoms. The van der Waals surface area contributed by atoms with Crippen LogP contribution < -0.4 is 4.74 Å². The molecule has 1 heterocycles. The van der Waals surface area contributed by atoms with Crippen LogP contribution in [0.2, 0.25) is 0 Å². The zero-order valence-corrected chi connectivity index (χ0v) is 19.5. The highest BCUT2D eigenvalue weighted by atomic mass is 32.2. The fourth-order valence-corrected chi connectivity index (χ4v) is 5.69. The van der Waals surface area contributed by atoms with Gasteiger partial charge in [0.05, 0.1) is 10.9 Å². The maximum atomic E-state index is 13.0. The van der Waals surface area contributed by atoms with Gasteiger partial charge in [-0.2, -0.15) is 0 Å². The SMILES string of the molecule is CC1=CCC[S+]1c1cc(C)c(OCC(=O)OC(C)(C)C#Cc2ccc(F)cc2)c(C)c1. The maximum Gasteiger partial charge on any atom is 0.345 e. The Morgan fingerprint density at radius 1 is 1.13 bits per heavy atom. The third-order valence-electron chi connectivity index (χ3n) is 4.92. The Morgan fingerprint density at radius 3 is 2.35 bits per heavy atom. The molecule has 0 spiro atoms. The molecule has 0 fully saturated rings. The van der Waals surface area contributed by atoms with Crippen molar-refractivity contribution in [2.24, 2.45) is 0 Å². The van der Waals surface area contributed by atoms with E-state index < -0.39 is 11.6 Å². The van der Waals surface area contributed by atoms with Crippen molar-refractivity contribution in [2.45, 2.75) is 51.5 Å². The molecule has 1 atom stereocenters. The first-order chi connectivity index (χ1) is 14.6. The van der Waals surface area contributed by atoms with Gasteiger partial charge in [0.15, 0.2) is 17.1 Å². The number of rotatable bonds is 5. The normalized spacial score (nSPS) is 15.7. The lowest BCUT2D eigenvalue weighted by Crippen LogP contribution is -2.29. The van der Waals surface area contributed by atoms with E-state index in [9.17, 15) is 9.18 Å². The molecule has 1 unspecified atom stereocenters. The highest BCUT2D eigenvalue weighted by Crippen LogP contribution is 2.33. The van der Waals surface area contributed by atoms with E-state index in [0.717, 1.165) is 23.3 Å². The number of aryl methyl sites for hydroxylation is 2. The molecule has 31 heavy (non-hydrogen) atoms. The Balaban J connectivity index is 1.61. The van der Waals surface area contributed by atoms with E-state index in [-0.39, 0.29) is 23.3 Å². The molecule has 0 amide bonds. The average Bonchev–Trinajstić information content (AvgIpc) is 3.12. The molecule has 0 N–H and O–H groups in total. The van der Waals surface area contributed by atoms with Crippen molar-refractivity contribution in [1.29, 1.82) is 0 Å². The molecule has 5 heteroatoms. The van der Waals surface area contributed by atoms with Crippen LogP contribution in [0.4, 0.5) is 4.39 Å². The summed E-state index contributed by atoms with van der Waals surface area (Å²) in [6.07, 6.45) is 3.45. The topological polar surface area (TPSA) is 35.5 Å². The number of carbonyl (C=O) groups excluding carboxylic acids is 1. The van der Waals surface area contributed by atoms with Crippen LogP contribution in [0.1, 0.15) is 43.9 Å². The zero-order valence-electron chi connectivity index (χ0n) is 18.7. The molecular weight excluding hydrogens is 411 g/mol. The van der Waals surface area contributed by atoms with Crippen LogP contribution in [0.25, 0.3) is 0 Å². The van der Waals surface area contributed by atoms with E-state index in [1.807, 2.05) is 13.8 Å². The molecule has 0 aromatic heterocycles. The molecule has 3 nitrogen and oxygen atoms in total. The van der Waals surface area contributed by atoms with E-state index in [4.69, 9.17) is 9.47 Å². The second-order valence-electron chi connectivity index (χ2n) is 8.11. The van der Waals surface area contributed by atoms with Crippen molar-refractivity contribution in [3.8, 4) is 17.6 Å². The monoisotopic (exact) mass is 439 g/mol. The number of esters is 1. The summed E-state index contributed by atoms with van der Waals surface area (Å²) in [5.41, 5.74) is 1.70. The first kappa shape index (κ1) is 23.0. The molecule has 3 rings (SSSR count). The summed E-state index contributed by atoms with van der Waals surface area (Å²) in [5, 5.41) is 0. The quantitative estimate of drug-likeness (QED) is 0.352. The number of halogens is 1. The van der Waals surface area contributed by atoms with E-state index in [2.05, 4.69) is 37.0 Å². The lowest BCUT2D eigenvalue weighted by Gasteiger charge is -2.19. The Morgan fingerprint density at radius 2 is 1.77 bits per heavy atom. The van der Waals surface area contributed by atoms with Crippen LogP contribution in [-0.4, -0.2) is 23.9 Å². The van der Waals surface area contributed by atoms with Gasteiger partial charge in [0.2, 0.25) is 0 Å². The number of hydrogen-bond donors (Lipinski definition) is 0. The molecule has 0 aliphatic carbocycles. The van der Waals surface area contributed by atoms with Crippen LogP contribution in [0.15, 0.2) is 52.3 Å². The van der Waals surface area contributed by atoms with Gasteiger partial charge >= 0.3 is 5.97 Å². The number of ether oxygens (including phenoxy) is 2. The zero-order chi connectivity index (χ0) is 22.6. The number of benzene rings is 2. The van der Waals surface area contributed by atoms with Gasteiger partial charge in [-0.3, -0.25) is 0 Å². The molecule has 0 saturated carbocycles. The van der Waals surface area contributed by atoms with Gasteiger partial charge in [-0.1, -0.05) is 11.8 Å². The lowest BCUT2D eigenvalue weighted by atomic mass is 10.1. The number of allylic oxidation sites excluding steroid dienone is 2. The van der Waals surface area contributed by atoms with Crippen LogP contribution in [0, 0.1) is 31.5 Å². The Hall–Kier alpha value is -2.71.